The molecular weight excluding hydrogens is 316 g/mol. The SMILES string of the molecule is Oc1cccc2c1CN(C(=S)NCCc1ccc(Cl)cc1)C2. The molecule has 0 saturated heterocycles. The third-order valence-corrected chi connectivity index (χ3v) is 4.50. The first-order chi connectivity index (χ1) is 10.6. The predicted molar refractivity (Wildman–Crippen MR) is 93.1 cm³/mol. The largest absolute Gasteiger partial charge is 0.508 e. The fourth-order valence-electron chi connectivity index (χ4n) is 2.62. The van der Waals surface area contributed by atoms with E-state index in [1.807, 2.05) is 36.4 Å². The monoisotopic (exact) mass is 332 g/mol. The number of hydrogen-bond donors (Lipinski definition) is 2. The molecule has 0 bridgehead atoms. The summed E-state index contributed by atoms with van der Waals surface area (Å²) in [5.74, 6) is 0.351. The van der Waals surface area contributed by atoms with Crippen LogP contribution in [-0.2, 0) is 19.5 Å². The second-order valence-corrected chi connectivity index (χ2v) is 6.20. The third kappa shape index (κ3) is 3.34. The molecule has 0 atom stereocenters. The summed E-state index contributed by atoms with van der Waals surface area (Å²) in [6.07, 6.45) is 0.892. The van der Waals surface area contributed by atoms with E-state index in [1.165, 1.54) is 5.56 Å². The molecule has 2 aromatic rings. The van der Waals surface area contributed by atoms with Gasteiger partial charge in [0.1, 0.15) is 5.75 Å². The second kappa shape index (κ2) is 6.55. The summed E-state index contributed by atoms with van der Waals surface area (Å²) in [4.78, 5) is 2.07. The number of halogens is 1. The molecule has 0 amide bonds. The molecule has 0 fully saturated rings. The standard InChI is InChI=1S/C17H17ClN2OS/c18-14-6-4-12(5-7-14)8-9-19-17(22)20-10-13-2-1-3-16(21)15(13)11-20/h1-7,21H,8-11H2,(H,19,22). The van der Waals surface area contributed by atoms with E-state index in [-0.39, 0.29) is 0 Å². The van der Waals surface area contributed by atoms with E-state index in [4.69, 9.17) is 23.8 Å². The van der Waals surface area contributed by atoms with Crippen LogP contribution in [-0.4, -0.2) is 21.7 Å². The highest BCUT2D eigenvalue weighted by atomic mass is 35.5. The number of thiocarbonyl (C=S) groups is 1. The lowest BCUT2D eigenvalue weighted by Crippen LogP contribution is -2.37. The Hall–Kier alpha value is -1.78. The van der Waals surface area contributed by atoms with Gasteiger partial charge in [0, 0.05) is 30.2 Å². The summed E-state index contributed by atoms with van der Waals surface area (Å²) < 4.78 is 0. The van der Waals surface area contributed by atoms with Crippen LogP contribution in [0, 0.1) is 0 Å². The third-order valence-electron chi connectivity index (χ3n) is 3.85. The zero-order valence-corrected chi connectivity index (χ0v) is 13.6. The number of phenolic OH excluding ortho intramolecular Hbond substituents is 1. The maximum Gasteiger partial charge on any atom is 0.169 e. The predicted octanol–water partition coefficient (Wildman–Crippen LogP) is 3.48. The van der Waals surface area contributed by atoms with Crippen LogP contribution in [0.15, 0.2) is 42.5 Å². The lowest BCUT2D eigenvalue weighted by Gasteiger charge is -2.19. The molecule has 2 N–H and O–H groups in total. The van der Waals surface area contributed by atoms with Crippen molar-refractivity contribution in [2.24, 2.45) is 0 Å². The smallest absolute Gasteiger partial charge is 0.169 e. The molecule has 5 heteroatoms. The highest BCUT2D eigenvalue weighted by Crippen LogP contribution is 2.29. The van der Waals surface area contributed by atoms with Crippen LogP contribution in [0.4, 0.5) is 0 Å². The van der Waals surface area contributed by atoms with Crippen molar-refractivity contribution < 1.29 is 5.11 Å². The van der Waals surface area contributed by atoms with E-state index in [2.05, 4.69) is 10.2 Å². The van der Waals surface area contributed by atoms with E-state index < -0.39 is 0 Å². The molecule has 0 aromatic heterocycles. The van der Waals surface area contributed by atoms with Crippen molar-refractivity contribution in [3.8, 4) is 5.75 Å². The molecule has 0 spiro atoms. The number of aromatic hydroxyl groups is 1. The molecule has 2 aromatic carbocycles. The van der Waals surface area contributed by atoms with Crippen molar-refractivity contribution in [1.29, 1.82) is 0 Å². The molecular formula is C17H17ClN2OS. The maximum absolute atomic E-state index is 9.88. The lowest BCUT2D eigenvalue weighted by molar-refractivity contribution is 0.425. The maximum atomic E-state index is 9.88. The van der Waals surface area contributed by atoms with E-state index >= 15 is 0 Å². The van der Waals surface area contributed by atoms with Gasteiger partial charge in [0.25, 0.3) is 0 Å². The van der Waals surface area contributed by atoms with Gasteiger partial charge in [-0.25, -0.2) is 0 Å². The quantitative estimate of drug-likeness (QED) is 0.844. The van der Waals surface area contributed by atoms with Gasteiger partial charge in [-0.1, -0.05) is 35.9 Å². The van der Waals surface area contributed by atoms with Crippen LogP contribution >= 0.6 is 23.8 Å². The summed E-state index contributed by atoms with van der Waals surface area (Å²) in [6, 6.07) is 13.5. The highest BCUT2D eigenvalue weighted by molar-refractivity contribution is 7.80. The van der Waals surface area contributed by atoms with Crippen LogP contribution in [0.3, 0.4) is 0 Å². The van der Waals surface area contributed by atoms with Gasteiger partial charge in [-0.15, -0.1) is 0 Å². The molecule has 1 heterocycles. The number of fused-ring (bicyclic) bond motifs is 1. The highest BCUT2D eigenvalue weighted by Gasteiger charge is 2.22. The summed E-state index contributed by atoms with van der Waals surface area (Å²) in [7, 11) is 0. The summed E-state index contributed by atoms with van der Waals surface area (Å²) in [5.41, 5.74) is 3.34. The fraction of sp³-hybridized carbons (Fsp3) is 0.235. The van der Waals surface area contributed by atoms with Crippen LogP contribution in [0.2, 0.25) is 5.02 Å². The minimum Gasteiger partial charge on any atom is -0.508 e. The zero-order valence-electron chi connectivity index (χ0n) is 12.1. The average Bonchev–Trinajstić information content (AvgIpc) is 2.95. The number of rotatable bonds is 3. The first-order valence-electron chi connectivity index (χ1n) is 7.20. The minimum atomic E-state index is 0.351. The molecule has 0 saturated carbocycles. The normalized spacial score (nSPS) is 13.0. The first-order valence-corrected chi connectivity index (χ1v) is 7.99. The van der Waals surface area contributed by atoms with Gasteiger partial charge in [0.15, 0.2) is 5.11 Å². The van der Waals surface area contributed by atoms with Gasteiger partial charge >= 0.3 is 0 Å². The Morgan fingerprint density at radius 2 is 1.95 bits per heavy atom. The lowest BCUT2D eigenvalue weighted by atomic mass is 10.1. The van der Waals surface area contributed by atoms with Crippen molar-refractivity contribution in [2.75, 3.05) is 6.54 Å². The number of phenols is 1. The van der Waals surface area contributed by atoms with Crippen LogP contribution in [0.5, 0.6) is 5.75 Å². The molecule has 1 aliphatic heterocycles. The molecule has 0 radical (unpaired) electrons. The number of nitrogens with one attached hydrogen (secondary N) is 1. The van der Waals surface area contributed by atoms with Crippen molar-refractivity contribution in [1.82, 2.24) is 10.2 Å². The average molecular weight is 333 g/mol. The Bertz CT molecular complexity index is 688. The minimum absolute atomic E-state index is 0.351. The van der Waals surface area contributed by atoms with Gasteiger partial charge in [-0.3, -0.25) is 0 Å². The van der Waals surface area contributed by atoms with Gasteiger partial charge in [0.2, 0.25) is 0 Å². The van der Waals surface area contributed by atoms with Gasteiger partial charge in [-0.05, 0) is 48.0 Å². The van der Waals surface area contributed by atoms with Gasteiger partial charge in [0.05, 0.1) is 0 Å². The zero-order chi connectivity index (χ0) is 15.5. The summed E-state index contributed by atoms with van der Waals surface area (Å²) in [6.45, 7) is 2.19. The Morgan fingerprint density at radius 3 is 2.68 bits per heavy atom. The number of hydrogen-bond acceptors (Lipinski definition) is 2. The molecule has 114 valence electrons. The van der Waals surface area contributed by atoms with E-state index in [0.717, 1.165) is 40.8 Å². The Labute approximate surface area is 140 Å². The molecule has 0 aliphatic carbocycles. The molecule has 1 aliphatic rings. The summed E-state index contributed by atoms with van der Waals surface area (Å²) >= 11 is 11.3. The van der Waals surface area contributed by atoms with E-state index in [9.17, 15) is 5.11 Å². The number of benzene rings is 2. The van der Waals surface area contributed by atoms with E-state index in [0.29, 0.717) is 12.3 Å². The first kappa shape index (κ1) is 15.1. The molecule has 3 rings (SSSR count). The van der Waals surface area contributed by atoms with Gasteiger partial charge < -0.3 is 15.3 Å². The fourth-order valence-corrected chi connectivity index (χ4v) is 2.98. The van der Waals surface area contributed by atoms with Crippen LogP contribution in [0.25, 0.3) is 0 Å². The Balaban J connectivity index is 1.51. The molecule has 22 heavy (non-hydrogen) atoms. The molecule has 0 unspecified atom stereocenters. The van der Waals surface area contributed by atoms with Crippen molar-refractivity contribution in [2.45, 2.75) is 19.5 Å². The van der Waals surface area contributed by atoms with Crippen molar-refractivity contribution in [3.05, 3.63) is 64.2 Å². The van der Waals surface area contributed by atoms with Crippen molar-refractivity contribution in [3.63, 3.8) is 0 Å². The van der Waals surface area contributed by atoms with E-state index in [1.54, 1.807) is 6.07 Å². The van der Waals surface area contributed by atoms with Crippen molar-refractivity contribution >= 4 is 28.9 Å². The topological polar surface area (TPSA) is 35.5 Å². The summed E-state index contributed by atoms with van der Waals surface area (Å²) in [5, 5.41) is 14.6. The Morgan fingerprint density at radius 1 is 1.18 bits per heavy atom. The number of nitrogens with zero attached hydrogens (tertiary/aromatic N) is 1. The van der Waals surface area contributed by atoms with Crippen LogP contribution < -0.4 is 5.32 Å². The Kier molecular flexibility index (Phi) is 4.50. The molecule has 3 nitrogen and oxygen atoms in total. The van der Waals surface area contributed by atoms with Gasteiger partial charge in [-0.2, -0.15) is 0 Å². The van der Waals surface area contributed by atoms with Crippen LogP contribution in [0.1, 0.15) is 16.7 Å². The second-order valence-electron chi connectivity index (χ2n) is 5.38.